The van der Waals surface area contributed by atoms with Gasteiger partial charge in [0.15, 0.2) is 11.5 Å². The van der Waals surface area contributed by atoms with Crippen LogP contribution in [-0.4, -0.2) is 33.3 Å². The molecule has 1 atom stereocenters. The quantitative estimate of drug-likeness (QED) is 0.722. The van der Waals surface area contributed by atoms with E-state index in [-0.39, 0.29) is 11.9 Å². The Labute approximate surface area is 147 Å². The van der Waals surface area contributed by atoms with Crippen molar-refractivity contribution in [2.45, 2.75) is 26.1 Å². The summed E-state index contributed by atoms with van der Waals surface area (Å²) in [5, 5.41) is 5.99. The van der Waals surface area contributed by atoms with E-state index >= 15 is 0 Å². The summed E-state index contributed by atoms with van der Waals surface area (Å²) >= 11 is 0. The van der Waals surface area contributed by atoms with Gasteiger partial charge in [-0.1, -0.05) is 6.07 Å². The Kier molecular flexibility index (Phi) is 6.71. The van der Waals surface area contributed by atoms with Crippen LogP contribution in [0.15, 0.2) is 34.9 Å². The fourth-order valence-corrected chi connectivity index (χ4v) is 2.40. The topological polar surface area (TPSA) is 82.0 Å². The van der Waals surface area contributed by atoms with E-state index < -0.39 is 0 Å². The first-order chi connectivity index (χ1) is 12.1. The highest BCUT2D eigenvalue weighted by Gasteiger charge is 2.18. The summed E-state index contributed by atoms with van der Waals surface area (Å²) in [5.41, 5.74) is 0.867. The second-order valence-corrected chi connectivity index (χ2v) is 5.39. The molecule has 0 aliphatic carbocycles. The van der Waals surface area contributed by atoms with E-state index in [1.165, 1.54) is 0 Å². The van der Waals surface area contributed by atoms with Gasteiger partial charge in [-0.25, -0.2) is 0 Å². The van der Waals surface area contributed by atoms with E-state index in [0.717, 1.165) is 5.56 Å². The van der Waals surface area contributed by atoms with Crippen LogP contribution in [0.3, 0.4) is 0 Å². The van der Waals surface area contributed by atoms with E-state index in [0.29, 0.717) is 36.1 Å². The van der Waals surface area contributed by atoms with Crippen molar-refractivity contribution in [3.05, 3.63) is 41.9 Å². The number of furan rings is 1. The molecule has 136 valence electrons. The molecule has 25 heavy (non-hydrogen) atoms. The molecule has 0 bridgehead atoms. The predicted octanol–water partition coefficient (Wildman–Crippen LogP) is 2.10. The second kappa shape index (κ2) is 8.98. The fourth-order valence-electron chi connectivity index (χ4n) is 2.40. The lowest BCUT2D eigenvalue weighted by Gasteiger charge is -2.18. The third-order valence-corrected chi connectivity index (χ3v) is 3.79. The van der Waals surface area contributed by atoms with Crippen molar-refractivity contribution in [3.8, 4) is 17.2 Å². The molecule has 7 nitrogen and oxygen atoms in total. The minimum atomic E-state index is -0.382. The number of hydrogen-bond acceptors (Lipinski definition) is 6. The van der Waals surface area contributed by atoms with Crippen LogP contribution in [0, 0.1) is 0 Å². The molecule has 7 heteroatoms. The maximum atomic E-state index is 12.1. The first-order valence-electron chi connectivity index (χ1n) is 7.92. The van der Waals surface area contributed by atoms with Crippen molar-refractivity contribution in [3.63, 3.8) is 0 Å². The van der Waals surface area contributed by atoms with Gasteiger partial charge in [0, 0.05) is 12.1 Å². The Hall–Kier alpha value is -2.67. The maximum Gasteiger partial charge on any atom is 0.237 e. The number of nitrogens with one attached hydrogen (secondary N) is 2. The number of methoxy groups -OCH3 is 3. The van der Waals surface area contributed by atoms with Crippen LogP contribution in [0.25, 0.3) is 0 Å². The van der Waals surface area contributed by atoms with Crippen LogP contribution in [0.5, 0.6) is 17.2 Å². The highest BCUT2D eigenvalue weighted by Crippen LogP contribution is 2.39. The highest BCUT2D eigenvalue weighted by atomic mass is 16.5. The van der Waals surface area contributed by atoms with Gasteiger partial charge >= 0.3 is 0 Å². The number of amides is 1. The Morgan fingerprint density at radius 1 is 1.08 bits per heavy atom. The summed E-state index contributed by atoms with van der Waals surface area (Å²) in [5.74, 6) is 2.29. The summed E-state index contributed by atoms with van der Waals surface area (Å²) in [6.07, 6.45) is 1.58. The van der Waals surface area contributed by atoms with Crippen LogP contribution in [0.4, 0.5) is 0 Å². The number of carbonyl (C=O) groups excluding carboxylic acids is 1. The molecule has 0 saturated heterocycles. The lowest BCUT2D eigenvalue weighted by molar-refractivity contribution is -0.123. The summed E-state index contributed by atoms with van der Waals surface area (Å²) in [6, 6.07) is 6.90. The van der Waals surface area contributed by atoms with Crippen molar-refractivity contribution in [1.82, 2.24) is 10.6 Å². The first-order valence-corrected chi connectivity index (χ1v) is 7.92. The molecule has 0 spiro atoms. The van der Waals surface area contributed by atoms with Gasteiger partial charge in [-0.15, -0.1) is 0 Å². The van der Waals surface area contributed by atoms with Gasteiger partial charge in [0.25, 0.3) is 0 Å². The first kappa shape index (κ1) is 18.7. The van der Waals surface area contributed by atoms with Crippen LogP contribution in [0.2, 0.25) is 0 Å². The van der Waals surface area contributed by atoms with Crippen LogP contribution >= 0.6 is 0 Å². The van der Waals surface area contributed by atoms with Gasteiger partial charge in [-0.05, 0) is 25.1 Å². The van der Waals surface area contributed by atoms with Crippen LogP contribution in [-0.2, 0) is 17.9 Å². The Bertz CT molecular complexity index is 685. The number of benzene rings is 1. The standard InChI is InChI=1S/C18H24N2O5/c1-12(18(21)20-11-14-6-5-9-25-14)19-10-13-7-8-15(22-2)17(24-4)16(13)23-3/h5-9,12,19H,10-11H2,1-4H3,(H,20,21). The smallest absolute Gasteiger partial charge is 0.237 e. The average Bonchev–Trinajstić information content (AvgIpc) is 3.16. The zero-order valence-corrected chi connectivity index (χ0v) is 14.9. The van der Waals surface area contributed by atoms with Crippen molar-refractivity contribution in [1.29, 1.82) is 0 Å². The van der Waals surface area contributed by atoms with E-state index in [9.17, 15) is 4.79 Å². The third kappa shape index (κ3) is 4.67. The molecule has 2 aromatic rings. The molecule has 0 aliphatic heterocycles. The van der Waals surface area contributed by atoms with Crippen molar-refractivity contribution in [2.24, 2.45) is 0 Å². The van der Waals surface area contributed by atoms with Gasteiger partial charge < -0.3 is 29.3 Å². The molecule has 1 aromatic heterocycles. The normalized spacial score (nSPS) is 11.7. The van der Waals surface area contributed by atoms with Gasteiger partial charge in [-0.3, -0.25) is 4.79 Å². The number of hydrogen-bond donors (Lipinski definition) is 2. The molecule has 0 radical (unpaired) electrons. The van der Waals surface area contributed by atoms with Crippen molar-refractivity contribution >= 4 is 5.91 Å². The molecule has 1 heterocycles. The van der Waals surface area contributed by atoms with E-state index in [4.69, 9.17) is 18.6 Å². The molecular formula is C18H24N2O5. The van der Waals surface area contributed by atoms with Gasteiger partial charge in [0.1, 0.15) is 5.76 Å². The minimum absolute atomic E-state index is 0.115. The Morgan fingerprint density at radius 3 is 2.44 bits per heavy atom. The van der Waals surface area contributed by atoms with Crippen molar-refractivity contribution < 1.29 is 23.4 Å². The molecule has 2 rings (SSSR count). The zero-order chi connectivity index (χ0) is 18.2. The van der Waals surface area contributed by atoms with E-state index in [1.54, 1.807) is 46.6 Å². The lowest BCUT2D eigenvalue weighted by atomic mass is 10.1. The maximum absolute atomic E-state index is 12.1. The predicted molar refractivity (Wildman–Crippen MR) is 93.0 cm³/mol. The molecule has 0 aliphatic rings. The minimum Gasteiger partial charge on any atom is -0.493 e. The van der Waals surface area contributed by atoms with Crippen molar-refractivity contribution in [2.75, 3.05) is 21.3 Å². The Balaban J connectivity index is 1.96. The van der Waals surface area contributed by atoms with Gasteiger partial charge in [0.05, 0.1) is 40.2 Å². The number of rotatable bonds is 9. The average molecular weight is 348 g/mol. The van der Waals surface area contributed by atoms with Crippen LogP contribution < -0.4 is 24.8 Å². The van der Waals surface area contributed by atoms with E-state index in [1.807, 2.05) is 12.1 Å². The molecule has 0 saturated carbocycles. The largest absolute Gasteiger partial charge is 0.493 e. The third-order valence-electron chi connectivity index (χ3n) is 3.79. The Morgan fingerprint density at radius 2 is 1.84 bits per heavy atom. The number of ether oxygens (including phenoxy) is 3. The summed E-state index contributed by atoms with van der Waals surface area (Å²) in [6.45, 7) is 2.60. The van der Waals surface area contributed by atoms with E-state index in [2.05, 4.69) is 10.6 Å². The summed E-state index contributed by atoms with van der Waals surface area (Å²) in [7, 11) is 4.70. The molecule has 1 amide bonds. The SMILES string of the molecule is COc1ccc(CNC(C)C(=O)NCc2ccco2)c(OC)c1OC. The van der Waals surface area contributed by atoms with Gasteiger partial charge in [0.2, 0.25) is 11.7 Å². The number of carbonyl (C=O) groups is 1. The monoisotopic (exact) mass is 348 g/mol. The molecule has 1 unspecified atom stereocenters. The zero-order valence-electron chi connectivity index (χ0n) is 14.9. The molecular weight excluding hydrogens is 324 g/mol. The second-order valence-electron chi connectivity index (χ2n) is 5.39. The lowest BCUT2D eigenvalue weighted by Crippen LogP contribution is -2.41. The van der Waals surface area contributed by atoms with Crippen LogP contribution in [0.1, 0.15) is 18.2 Å². The summed E-state index contributed by atoms with van der Waals surface area (Å²) < 4.78 is 21.3. The molecule has 2 N–H and O–H groups in total. The molecule has 0 fully saturated rings. The fraction of sp³-hybridized carbons (Fsp3) is 0.389. The molecule has 1 aromatic carbocycles. The highest BCUT2D eigenvalue weighted by molar-refractivity contribution is 5.81. The van der Waals surface area contributed by atoms with Gasteiger partial charge in [-0.2, -0.15) is 0 Å². The summed E-state index contributed by atoms with van der Waals surface area (Å²) in [4.78, 5) is 12.1.